The molecule has 0 amide bonds. The van der Waals surface area contributed by atoms with Gasteiger partial charge in [-0.2, -0.15) is 0 Å². The summed E-state index contributed by atoms with van der Waals surface area (Å²) in [5.41, 5.74) is 1.74. The van der Waals surface area contributed by atoms with Crippen molar-refractivity contribution in [2.75, 3.05) is 0 Å². The molecule has 18 heavy (non-hydrogen) atoms. The van der Waals surface area contributed by atoms with E-state index in [2.05, 4.69) is 31.9 Å². The van der Waals surface area contributed by atoms with Crippen molar-refractivity contribution in [2.45, 2.75) is 5.38 Å². The minimum Gasteiger partial charge on any atom is -0.112 e. The predicted molar refractivity (Wildman–Crippen MR) is 86.0 cm³/mol. The zero-order chi connectivity index (χ0) is 13.3. The highest BCUT2D eigenvalue weighted by atomic mass is 79.9. The van der Waals surface area contributed by atoms with E-state index in [9.17, 15) is 0 Å². The average molecular weight is 429 g/mol. The first kappa shape index (κ1) is 14.7. The first-order chi connectivity index (χ1) is 8.50. The summed E-state index contributed by atoms with van der Waals surface area (Å²) >= 11 is 25.6. The van der Waals surface area contributed by atoms with Crippen molar-refractivity contribution in [3.05, 3.63) is 66.5 Å². The molecule has 0 N–H and O–H groups in total. The van der Waals surface area contributed by atoms with Gasteiger partial charge in [0.2, 0.25) is 0 Å². The van der Waals surface area contributed by atoms with Gasteiger partial charge in [0.25, 0.3) is 0 Å². The van der Waals surface area contributed by atoms with Crippen molar-refractivity contribution >= 4 is 66.7 Å². The smallest absolute Gasteiger partial charge is 0.0861 e. The van der Waals surface area contributed by atoms with E-state index in [0.717, 1.165) is 20.1 Å². The third kappa shape index (κ3) is 3.05. The Morgan fingerprint density at radius 2 is 1.67 bits per heavy atom. The topological polar surface area (TPSA) is 0 Å². The Balaban J connectivity index is 2.51. The summed E-state index contributed by atoms with van der Waals surface area (Å²) in [6.07, 6.45) is 0. The highest BCUT2D eigenvalue weighted by molar-refractivity contribution is 9.11. The first-order valence-electron chi connectivity index (χ1n) is 5.03. The van der Waals surface area contributed by atoms with Crippen LogP contribution < -0.4 is 0 Å². The Hall–Kier alpha value is 0.270. The van der Waals surface area contributed by atoms with Crippen molar-refractivity contribution < 1.29 is 0 Å². The van der Waals surface area contributed by atoms with E-state index in [0.29, 0.717) is 10.0 Å². The summed E-state index contributed by atoms with van der Waals surface area (Å²) in [4.78, 5) is 0. The molecule has 1 unspecified atom stereocenters. The van der Waals surface area contributed by atoms with E-state index in [-0.39, 0.29) is 5.38 Å². The highest BCUT2D eigenvalue weighted by Crippen LogP contribution is 2.40. The van der Waals surface area contributed by atoms with Crippen LogP contribution in [0.4, 0.5) is 0 Å². The first-order valence-corrected chi connectivity index (χ1v) is 7.81. The van der Waals surface area contributed by atoms with Gasteiger partial charge in [-0.3, -0.25) is 0 Å². The van der Waals surface area contributed by atoms with Crippen molar-refractivity contribution in [3.8, 4) is 0 Å². The molecule has 5 heteroatoms. The van der Waals surface area contributed by atoms with E-state index in [1.807, 2.05) is 30.3 Å². The molecule has 0 saturated carbocycles. The van der Waals surface area contributed by atoms with Gasteiger partial charge in [-0.15, -0.1) is 11.6 Å². The lowest BCUT2D eigenvalue weighted by Crippen LogP contribution is -1.96. The van der Waals surface area contributed by atoms with Gasteiger partial charge in [0.15, 0.2) is 0 Å². The maximum absolute atomic E-state index is 6.49. The Kier molecular flexibility index (Phi) is 5.01. The van der Waals surface area contributed by atoms with Crippen LogP contribution in [0.15, 0.2) is 45.3 Å². The fourth-order valence-corrected chi connectivity index (χ4v) is 3.41. The van der Waals surface area contributed by atoms with E-state index in [1.165, 1.54) is 0 Å². The Bertz CT molecular complexity index is 582. The monoisotopic (exact) mass is 426 g/mol. The lowest BCUT2D eigenvalue weighted by molar-refractivity contribution is 1.13. The van der Waals surface area contributed by atoms with Crippen LogP contribution in [0.1, 0.15) is 16.5 Å². The lowest BCUT2D eigenvalue weighted by atomic mass is 10.0. The molecule has 0 aliphatic heterocycles. The normalized spacial score (nSPS) is 12.5. The Morgan fingerprint density at radius 3 is 2.39 bits per heavy atom. The number of halogens is 5. The van der Waals surface area contributed by atoms with Gasteiger partial charge in [-0.05, 0) is 35.4 Å². The minimum absolute atomic E-state index is 0.358. The summed E-state index contributed by atoms with van der Waals surface area (Å²) in [7, 11) is 0. The molecule has 0 fully saturated rings. The van der Waals surface area contributed by atoms with Crippen LogP contribution in [0.3, 0.4) is 0 Å². The molecule has 0 aromatic heterocycles. The summed E-state index contributed by atoms with van der Waals surface area (Å²) in [6.45, 7) is 0. The highest BCUT2D eigenvalue weighted by Gasteiger charge is 2.18. The van der Waals surface area contributed by atoms with Crippen LogP contribution in [0, 0.1) is 0 Å². The summed E-state index contributed by atoms with van der Waals surface area (Å²) in [6, 6.07) is 11.3. The molecular formula is C13H7Br2Cl3. The molecule has 2 aromatic carbocycles. The van der Waals surface area contributed by atoms with Gasteiger partial charge in [0.1, 0.15) is 0 Å². The molecule has 0 bridgehead atoms. The number of hydrogen-bond donors (Lipinski definition) is 0. The molecule has 0 aliphatic carbocycles. The second-order valence-electron chi connectivity index (χ2n) is 3.67. The molecule has 1 atom stereocenters. The van der Waals surface area contributed by atoms with E-state index < -0.39 is 0 Å². The average Bonchev–Trinajstić information content (AvgIpc) is 2.35. The van der Waals surface area contributed by atoms with Crippen molar-refractivity contribution in [3.63, 3.8) is 0 Å². The minimum atomic E-state index is -0.358. The zero-order valence-electron chi connectivity index (χ0n) is 8.93. The third-order valence-corrected chi connectivity index (χ3v) is 5.00. The number of benzene rings is 2. The van der Waals surface area contributed by atoms with Gasteiger partial charge in [0, 0.05) is 8.95 Å². The van der Waals surface area contributed by atoms with Crippen LogP contribution in [0.5, 0.6) is 0 Å². The van der Waals surface area contributed by atoms with Crippen LogP contribution >= 0.6 is 66.7 Å². The van der Waals surface area contributed by atoms with E-state index >= 15 is 0 Å². The lowest BCUT2D eigenvalue weighted by Gasteiger charge is -2.15. The number of rotatable bonds is 2. The maximum atomic E-state index is 6.49. The van der Waals surface area contributed by atoms with Gasteiger partial charge in [-0.25, -0.2) is 0 Å². The van der Waals surface area contributed by atoms with Crippen molar-refractivity contribution in [2.24, 2.45) is 0 Å². The van der Waals surface area contributed by atoms with Crippen molar-refractivity contribution in [1.29, 1.82) is 0 Å². The largest absolute Gasteiger partial charge is 0.112 e. The van der Waals surface area contributed by atoms with Crippen LogP contribution in [-0.4, -0.2) is 0 Å². The molecule has 0 nitrogen and oxygen atoms in total. The summed E-state index contributed by atoms with van der Waals surface area (Å²) < 4.78 is 1.89. The Labute approximate surface area is 137 Å². The quantitative estimate of drug-likeness (QED) is 0.458. The molecule has 2 aromatic rings. The van der Waals surface area contributed by atoms with Crippen molar-refractivity contribution in [1.82, 2.24) is 0 Å². The molecule has 0 radical (unpaired) electrons. The summed E-state index contributed by atoms with van der Waals surface area (Å²) in [5.74, 6) is 0. The molecule has 0 heterocycles. The maximum Gasteiger partial charge on any atom is 0.0861 e. The van der Waals surface area contributed by atoms with Gasteiger partial charge >= 0.3 is 0 Å². The zero-order valence-corrected chi connectivity index (χ0v) is 14.4. The van der Waals surface area contributed by atoms with Gasteiger partial charge < -0.3 is 0 Å². The molecular weight excluding hydrogens is 422 g/mol. The number of alkyl halides is 1. The molecule has 0 spiro atoms. The number of hydrogen-bond acceptors (Lipinski definition) is 0. The van der Waals surface area contributed by atoms with Gasteiger partial charge in [0.05, 0.1) is 15.4 Å². The van der Waals surface area contributed by atoms with Crippen LogP contribution in [0.25, 0.3) is 0 Å². The van der Waals surface area contributed by atoms with E-state index in [4.69, 9.17) is 34.8 Å². The molecule has 0 aliphatic rings. The summed E-state index contributed by atoms with van der Waals surface area (Å²) in [5, 5.41) is 0.639. The fraction of sp³-hybridized carbons (Fsp3) is 0.0769. The second kappa shape index (κ2) is 6.15. The molecule has 2 rings (SSSR count). The SMILES string of the molecule is Clc1cccc(C(Cl)c2cc(Br)ccc2Br)c1Cl. The molecule has 0 saturated heterocycles. The Morgan fingerprint density at radius 1 is 0.944 bits per heavy atom. The van der Waals surface area contributed by atoms with E-state index in [1.54, 1.807) is 6.07 Å². The van der Waals surface area contributed by atoms with Crippen LogP contribution in [-0.2, 0) is 0 Å². The van der Waals surface area contributed by atoms with Crippen LogP contribution in [0.2, 0.25) is 10.0 Å². The fourth-order valence-electron chi connectivity index (χ4n) is 1.59. The predicted octanol–water partition coefficient (Wildman–Crippen LogP) is 6.85. The van der Waals surface area contributed by atoms with Gasteiger partial charge in [-0.1, -0.05) is 67.2 Å². The standard InChI is InChI=1S/C13H7Br2Cl3/c14-7-4-5-10(15)9(6-7)12(17)8-2-1-3-11(16)13(8)18/h1-6,12H. The third-order valence-electron chi connectivity index (χ3n) is 2.49. The second-order valence-corrected chi connectivity index (χ2v) is 6.66. The molecule has 94 valence electrons.